The number of thioether (sulfide) groups is 2. The molecule has 2 aliphatic rings. The van der Waals surface area contributed by atoms with Gasteiger partial charge in [0.15, 0.2) is 4.34 Å². The Morgan fingerprint density at radius 2 is 1.92 bits per heavy atom. The Balaban J connectivity index is 1.43. The van der Waals surface area contributed by atoms with Crippen LogP contribution in [0.4, 0.5) is 9.59 Å². The number of nitrogens with one attached hydrogen (secondary N) is 4. The van der Waals surface area contributed by atoms with E-state index >= 15 is 0 Å². The van der Waals surface area contributed by atoms with Gasteiger partial charge in [0.05, 0.1) is 0 Å². The molecule has 2 saturated heterocycles. The maximum absolute atomic E-state index is 13.2. The Labute approximate surface area is 234 Å². The number of phenolic OH excluding ortho intramolecular Hbond substituents is 1. The minimum absolute atomic E-state index is 0.0236. The molecule has 14 nitrogen and oxygen atoms in total. The molecule has 1 aromatic heterocycles. The number of carboxylic acids is 1. The fourth-order valence-corrected chi connectivity index (χ4v) is 7.66. The molecule has 0 radical (unpaired) electrons. The van der Waals surface area contributed by atoms with E-state index in [2.05, 4.69) is 26.1 Å². The first kappa shape index (κ1) is 28.4. The SMILES string of the molecule is CNC(=O)NC(=O)NC(C(=O)NC1C(=O)N2CC(CSc3nnc(C)s3)(C(=O)O)CS[C@H]12)c1ccc(O)cc1. The zero-order valence-corrected chi connectivity index (χ0v) is 23.1. The number of β-lactam (4-membered cyclic amide) rings is 1. The molecular formula is C22H25N7O7S3. The monoisotopic (exact) mass is 595 g/mol. The third-order valence-corrected chi connectivity index (χ3v) is 9.94. The quantitative estimate of drug-likeness (QED) is 0.183. The summed E-state index contributed by atoms with van der Waals surface area (Å²) in [4.78, 5) is 63.7. The standard InChI is InChI=1S/C22H25N7O7S3/c1-10-27-28-21(39-10)38-9-22(18(33)34)7-29-16(32)14(17(29)37-8-22)24-15(31)13(11-3-5-12(30)6-4-11)25-20(36)26-19(35)23-2/h3-6,13-14,17,30H,7-9H2,1-2H3,(H,24,31)(H,33,34)(H3,23,25,26,35,36)/t13?,14?,17-,22?/m1/s1. The van der Waals surface area contributed by atoms with Crippen molar-refractivity contribution in [3.05, 3.63) is 34.8 Å². The van der Waals surface area contributed by atoms with Crippen LogP contribution in [0.15, 0.2) is 28.6 Å². The molecule has 1 aromatic carbocycles. The average molecular weight is 596 g/mol. The number of aryl methyl sites for hydroxylation is 1. The highest BCUT2D eigenvalue weighted by atomic mass is 32.2. The van der Waals surface area contributed by atoms with E-state index in [1.165, 1.54) is 71.1 Å². The van der Waals surface area contributed by atoms with Crippen LogP contribution in [-0.2, 0) is 14.4 Å². The summed E-state index contributed by atoms with van der Waals surface area (Å²) in [5, 5.41) is 37.1. The fraction of sp³-hybridized carbons (Fsp3) is 0.409. The number of carbonyl (C=O) groups excluding carboxylic acids is 4. The molecule has 17 heteroatoms. The molecule has 2 aromatic rings. The highest BCUT2D eigenvalue weighted by molar-refractivity contribution is 8.01. The molecule has 4 rings (SSSR count). The van der Waals surface area contributed by atoms with Gasteiger partial charge in [-0.25, -0.2) is 9.59 Å². The maximum atomic E-state index is 13.2. The predicted octanol–water partition coefficient (Wildman–Crippen LogP) is 0.495. The first-order valence-corrected chi connectivity index (χ1v) is 14.3. The van der Waals surface area contributed by atoms with Crippen molar-refractivity contribution < 1.29 is 34.2 Å². The molecule has 3 heterocycles. The number of urea groups is 2. The normalized spacial score (nSPS) is 22.6. The number of benzene rings is 1. The second kappa shape index (κ2) is 11.7. The molecule has 0 saturated carbocycles. The summed E-state index contributed by atoms with van der Waals surface area (Å²) < 4.78 is 0.647. The molecule has 0 aliphatic carbocycles. The van der Waals surface area contributed by atoms with Gasteiger partial charge in [0.2, 0.25) is 11.8 Å². The van der Waals surface area contributed by atoms with Crippen LogP contribution in [0.1, 0.15) is 16.6 Å². The van der Waals surface area contributed by atoms with Crippen molar-refractivity contribution in [2.24, 2.45) is 5.41 Å². The summed E-state index contributed by atoms with van der Waals surface area (Å²) in [7, 11) is 1.32. The summed E-state index contributed by atoms with van der Waals surface area (Å²) in [5.74, 6) is -1.84. The third-order valence-electron chi connectivity index (χ3n) is 6.09. The molecule has 0 bridgehead atoms. The minimum atomic E-state index is -1.30. The van der Waals surface area contributed by atoms with Crippen molar-refractivity contribution in [2.75, 3.05) is 25.1 Å². The van der Waals surface area contributed by atoms with Crippen molar-refractivity contribution >= 4 is 64.7 Å². The third kappa shape index (κ3) is 6.20. The Kier molecular flexibility index (Phi) is 8.51. The van der Waals surface area contributed by atoms with Gasteiger partial charge in [0.25, 0.3) is 0 Å². The molecule has 4 atom stereocenters. The predicted molar refractivity (Wildman–Crippen MR) is 142 cm³/mol. The topological polar surface area (TPSA) is 203 Å². The van der Waals surface area contributed by atoms with Crippen LogP contribution in [0.3, 0.4) is 0 Å². The van der Waals surface area contributed by atoms with Crippen LogP contribution in [0.25, 0.3) is 0 Å². The average Bonchev–Trinajstić information content (AvgIpc) is 3.34. The molecule has 0 spiro atoms. The van der Waals surface area contributed by atoms with E-state index in [0.717, 1.165) is 5.01 Å². The van der Waals surface area contributed by atoms with Crippen LogP contribution in [0.2, 0.25) is 0 Å². The maximum Gasteiger partial charge on any atom is 0.323 e. The number of aromatic nitrogens is 2. The molecule has 39 heavy (non-hydrogen) atoms. The Hall–Kier alpha value is -3.57. The van der Waals surface area contributed by atoms with Gasteiger partial charge in [-0.1, -0.05) is 35.2 Å². The lowest BCUT2D eigenvalue weighted by Crippen LogP contribution is -2.74. The van der Waals surface area contributed by atoms with E-state index in [1.54, 1.807) is 6.92 Å². The molecule has 2 aliphatic heterocycles. The zero-order valence-electron chi connectivity index (χ0n) is 20.7. The van der Waals surface area contributed by atoms with E-state index in [1.807, 2.05) is 5.32 Å². The van der Waals surface area contributed by atoms with E-state index in [0.29, 0.717) is 9.90 Å². The highest BCUT2D eigenvalue weighted by Gasteiger charge is 2.57. The van der Waals surface area contributed by atoms with Gasteiger partial charge < -0.3 is 31.1 Å². The van der Waals surface area contributed by atoms with Gasteiger partial charge in [-0.2, -0.15) is 0 Å². The van der Waals surface area contributed by atoms with Crippen molar-refractivity contribution in [1.29, 1.82) is 0 Å². The van der Waals surface area contributed by atoms with Crippen LogP contribution in [-0.4, -0.2) is 91.7 Å². The molecular weight excluding hydrogens is 570 g/mol. The number of fused-ring (bicyclic) bond motifs is 1. The molecule has 3 unspecified atom stereocenters. The van der Waals surface area contributed by atoms with Crippen LogP contribution in [0.5, 0.6) is 5.75 Å². The number of amides is 6. The van der Waals surface area contributed by atoms with E-state index in [9.17, 15) is 34.2 Å². The van der Waals surface area contributed by atoms with Gasteiger partial charge >= 0.3 is 18.0 Å². The van der Waals surface area contributed by atoms with Gasteiger partial charge in [-0.15, -0.1) is 22.0 Å². The number of aliphatic carboxylic acids is 1. The first-order chi connectivity index (χ1) is 18.5. The number of hydrogen-bond donors (Lipinski definition) is 6. The molecule has 208 valence electrons. The molecule has 2 fully saturated rings. The first-order valence-electron chi connectivity index (χ1n) is 11.5. The minimum Gasteiger partial charge on any atom is -0.508 e. The van der Waals surface area contributed by atoms with Crippen molar-refractivity contribution in [1.82, 2.24) is 36.4 Å². The van der Waals surface area contributed by atoms with Crippen molar-refractivity contribution in [3.63, 3.8) is 0 Å². The molecule has 6 amide bonds. The van der Waals surface area contributed by atoms with Gasteiger partial charge in [-0.05, 0) is 24.6 Å². The summed E-state index contributed by atoms with van der Waals surface area (Å²) in [6.07, 6.45) is 0. The number of aromatic hydroxyl groups is 1. The van der Waals surface area contributed by atoms with E-state index in [4.69, 9.17) is 0 Å². The highest BCUT2D eigenvalue weighted by Crippen LogP contribution is 2.44. The second-order valence-corrected chi connectivity index (χ2v) is 12.3. The van der Waals surface area contributed by atoms with E-state index < -0.39 is 52.7 Å². The number of carboxylic acid groups (broad SMARTS) is 1. The van der Waals surface area contributed by atoms with Crippen molar-refractivity contribution in [2.45, 2.75) is 28.7 Å². The smallest absolute Gasteiger partial charge is 0.323 e. The second-order valence-electron chi connectivity index (χ2n) is 8.82. The lowest BCUT2D eigenvalue weighted by atomic mass is 9.89. The van der Waals surface area contributed by atoms with Crippen LogP contribution >= 0.6 is 34.9 Å². The number of rotatable bonds is 8. The largest absolute Gasteiger partial charge is 0.508 e. The molecule has 6 N–H and O–H groups in total. The lowest BCUT2D eigenvalue weighted by molar-refractivity contribution is -0.157. The summed E-state index contributed by atoms with van der Waals surface area (Å²) in [6, 6.07) is 1.52. The number of nitrogens with zero attached hydrogens (tertiary/aromatic N) is 3. The Morgan fingerprint density at radius 1 is 1.21 bits per heavy atom. The van der Waals surface area contributed by atoms with Crippen LogP contribution < -0.4 is 21.3 Å². The van der Waals surface area contributed by atoms with Crippen LogP contribution in [0, 0.1) is 12.3 Å². The number of imide groups is 1. The van der Waals surface area contributed by atoms with Gasteiger partial charge in [0.1, 0.15) is 33.6 Å². The number of carbonyl (C=O) groups is 5. The summed E-state index contributed by atoms with van der Waals surface area (Å²) in [6.45, 7) is 1.78. The summed E-state index contributed by atoms with van der Waals surface area (Å²) >= 11 is 3.90. The number of hydrogen-bond acceptors (Lipinski definition) is 11. The lowest BCUT2D eigenvalue weighted by Gasteiger charge is -2.53. The fourth-order valence-electron chi connectivity index (χ4n) is 3.98. The van der Waals surface area contributed by atoms with Gasteiger partial charge in [-0.3, -0.25) is 19.7 Å². The zero-order chi connectivity index (χ0) is 28.3. The Bertz CT molecular complexity index is 1290. The Morgan fingerprint density at radius 3 is 2.54 bits per heavy atom. The summed E-state index contributed by atoms with van der Waals surface area (Å²) in [5.41, 5.74) is -0.907. The van der Waals surface area contributed by atoms with E-state index in [-0.39, 0.29) is 23.8 Å². The van der Waals surface area contributed by atoms with Crippen molar-refractivity contribution in [3.8, 4) is 5.75 Å². The van der Waals surface area contributed by atoms with Gasteiger partial charge in [0, 0.05) is 25.1 Å². The number of phenols is 1.